The Bertz CT molecular complexity index is 378. The summed E-state index contributed by atoms with van der Waals surface area (Å²) in [4.78, 5) is 0. The third kappa shape index (κ3) is 4.22. The van der Waals surface area contributed by atoms with Crippen LogP contribution in [0.5, 0.6) is 0 Å². The molecule has 1 aromatic carbocycles. The average Bonchev–Trinajstić information content (AvgIpc) is 2.39. The van der Waals surface area contributed by atoms with Crippen LogP contribution in [-0.2, 0) is 0 Å². The highest BCUT2D eigenvalue weighted by Crippen LogP contribution is 2.25. The van der Waals surface area contributed by atoms with Crippen molar-refractivity contribution in [3.05, 3.63) is 53.6 Å². The van der Waals surface area contributed by atoms with Crippen LogP contribution in [0.15, 0.2) is 48.1 Å². The standard InChI is InChI=1S/C17H22/c1-15(14-17-10-6-3-7-11-17)12-13-16-8-4-2-5-9-16/h2,4-5,8-9,12-14,17H,3,6-7,10-11H2,1H3/b13-12+,15-14-. The van der Waals surface area contributed by atoms with Gasteiger partial charge in [-0.15, -0.1) is 0 Å². The van der Waals surface area contributed by atoms with Crippen molar-refractivity contribution < 1.29 is 0 Å². The summed E-state index contributed by atoms with van der Waals surface area (Å²) in [5.74, 6) is 0.823. The molecular weight excluding hydrogens is 204 g/mol. The predicted molar refractivity (Wildman–Crippen MR) is 75.8 cm³/mol. The fourth-order valence-electron chi connectivity index (χ4n) is 2.52. The minimum absolute atomic E-state index is 0.823. The molecular formula is C17H22. The maximum Gasteiger partial charge on any atom is -0.0228 e. The molecule has 2 rings (SSSR count). The second-order valence-electron chi connectivity index (χ2n) is 5.05. The summed E-state index contributed by atoms with van der Waals surface area (Å²) >= 11 is 0. The molecule has 0 nitrogen and oxygen atoms in total. The summed E-state index contributed by atoms with van der Waals surface area (Å²) in [6.07, 6.45) is 13.9. The molecule has 1 saturated carbocycles. The van der Waals surface area contributed by atoms with Crippen molar-refractivity contribution >= 4 is 6.08 Å². The molecule has 1 aliphatic rings. The quantitative estimate of drug-likeness (QED) is 0.619. The molecule has 0 aromatic heterocycles. The van der Waals surface area contributed by atoms with Crippen molar-refractivity contribution in [3.8, 4) is 0 Å². The summed E-state index contributed by atoms with van der Waals surface area (Å²) in [5.41, 5.74) is 2.68. The van der Waals surface area contributed by atoms with E-state index in [4.69, 9.17) is 0 Å². The van der Waals surface area contributed by atoms with Crippen LogP contribution in [0.4, 0.5) is 0 Å². The number of allylic oxidation sites excluding steroid dienone is 3. The smallest absolute Gasteiger partial charge is 0.0228 e. The predicted octanol–water partition coefficient (Wildman–Crippen LogP) is 5.23. The maximum atomic E-state index is 2.46. The highest BCUT2D eigenvalue weighted by Gasteiger charge is 2.10. The zero-order valence-corrected chi connectivity index (χ0v) is 10.7. The second-order valence-corrected chi connectivity index (χ2v) is 5.05. The minimum atomic E-state index is 0.823. The van der Waals surface area contributed by atoms with E-state index in [2.05, 4.69) is 55.5 Å². The van der Waals surface area contributed by atoms with E-state index in [0.717, 1.165) is 5.92 Å². The molecule has 0 amide bonds. The van der Waals surface area contributed by atoms with Gasteiger partial charge in [-0.2, -0.15) is 0 Å². The molecule has 1 aromatic rings. The van der Waals surface area contributed by atoms with Gasteiger partial charge in [-0.05, 0) is 31.2 Å². The van der Waals surface area contributed by atoms with Crippen LogP contribution in [0, 0.1) is 5.92 Å². The van der Waals surface area contributed by atoms with Gasteiger partial charge < -0.3 is 0 Å². The van der Waals surface area contributed by atoms with E-state index in [1.807, 2.05) is 0 Å². The molecule has 0 heterocycles. The molecule has 0 bridgehead atoms. The lowest BCUT2D eigenvalue weighted by molar-refractivity contribution is 0.418. The second kappa shape index (κ2) is 6.44. The van der Waals surface area contributed by atoms with Crippen LogP contribution >= 0.6 is 0 Å². The first kappa shape index (κ1) is 12.2. The van der Waals surface area contributed by atoms with Crippen molar-refractivity contribution in [2.24, 2.45) is 5.92 Å². The van der Waals surface area contributed by atoms with Gasteiger partial charge in [0.15, 0.2) is 0 Å². The summed E-state index contributed by atoms with van der Waals surface area (Å²) < 4.78 is 0. The largest absolute Gasteiger partial charge is 0.0785 e. The number of hydrogen-bond donors (Lipinski definition) is 0. The molecule has 90 valence electrons. The Morgan fingerprint density at radius 2 is 1.76 bits per heavy atom. The van der Waals surface area contributed by atoms with Gasteiger partial charge in [0, 0.05) is 0 Å². The first-order valence-corrected chi connectivity index (χ1v) is 6.76. The van der Waals surface area contributed by atoms with Crippen molar-refractivity contribution in [2.75, 3.05) is 0 Å². The summed E-state index contributed by atoms with van der Waals surface area (Å²) in [5, 5.41) is 0. The summed E-state index contributed by atoms with van der Waals surface area (Å²) in [6.45, 7) is 2.22. The molecule has 0 saturated heterocycles. The van der Waals surface area contributed by atoms with E-state index in [-0.39, 0.29) is 0 Å². The highest BCUT2D eigenvalue weighted by atomic mass is 14.2. The molecule has 0 N–H and O–H groups in total. The first-order chi connectivity index (χ1) is 8.34. The van der Waals surface area contributed by atoms with E-state index in [1.165, 1.54) is 43.2 Å². The van der Waals surface area contributed by atoms with Gasteiger partial charge >= 0.3 is 0 Å². The van der Waals surface area contributed by atoms with Crippen LogP contribution in [0.25, 0.3) is 6.08 Å². The normalized spacial score (nSPS) is 18.8. The molecule has 0 aliphatic heterocycles. The molecule has 0 spiro atoms. The molecule has 0 radical (unpaired) electrons. The fraction of sp³-hybridized carbons (Fsp3) is 0.412. The average molecular weight is 226 g/mol. The monoisotopic (exact) mass is 226 g/mol. The van der Waals surface area contributed by atoms with Crippen LogP contribution in [-0.4, -0.2) is 0 Å². The van der Waals surface area contributed by atoms with Crippen molar-refractivity contribution in [3.63, 3.8) is 0 Å². The highest BCUT2D eigenvalue weighted by molar-refractivity contribution is 5.52. The Morgan fingerprint density at radius 3 is 2.47 bits per heavy atom. The molecule has 17 heavy (non-hydrogen) atoms. The summed E-state index contributed by atoms with van der Waals surface area (Å²) in [6, 6.07) is 10.5. The van der Waals surface area contributed by atoms with Gasteiger partial charge in [-0.1, -0.05) is 73.4 Å². The fourth-order valence-corrected chi connectivity index (χ4v) is 2.52. The number of hydrogen-bond acceptors (Lipinski definition) is 0. The lowest BCUT2D eigenvalue weighted by Crippen LogP contribution is -2.03. The number of rotatable bonds is 3. The van der Waals surface area contributed by atoms with Gasteiger partial charge in [-0.25, -0.2) is 0 Å². The zero-order valence-electron chi connectivity index (χ0n) is 10.7. The first-order valence-electron chi connectivity index (χ1n) is 6.76. The SMILES string of the molecule is CC(=C/C1CCCCC1)/C=C/c1ccccc1. The molecule has 0 unspecified atom stereocenters. The van der Waals surface area contributed by atoms with Crippen LogP contribution in [0.3, 0.4) is 0 Å². The number of benzene rings is 1. The Morgan fingerprint density at radius 1 is 1.06 bits per heavy atom. The Kier molecular flexibility index (Phi) is 4.61. The Balaban J connectivity index is 1.93. The van der Waals surface area contributed by atoms with E-state index < -0.39 is 0 Å². The molecule has 0 atom stereocenters. The van der Waals surface area contributed by atoms with Gasteiger partial charge in [0.05, 0.1) is 0 Å². The molecule has 1 fully saturated rings. The van der Waals surface area contributed by atoms with Gasteiger partial charge in [0.2, 0.25) is 0 Å². The van der Waals surface area contributed by atoms with Gasteiger partial charge in [0.25, 0.3) is 0 Å². The summed E-state index contributed by atoms with van der Waals surface area (Å²) in [7, 11) is 0. The van der Waals surface area contributed by atoms with E-state index >= 15 is 0 Å². The van der Waals surface area contributed by atoms with Crippen molar-refractivity contribution in [1.29, 1.82) is 0 Å². The van der Waals surface area contributed by atoms with Crippen molar-refractivity contribution in [1.82, 2.24) is 0 Å². The minimum Gasteiger partial charge on any atom is -0.0785 e. The van der Waals surface area contributed by atoms with Crippen molar-refractivity contribution in [2.45, 2.75) is 39.0 Å². The Hall–Kier alpha value is -1.30. The van der Waals surface area contributed by atoms with Gasteiger partial charge in [0.1, 0.15) is 0 Å². The topological polar surface area (TPSA) is 0 Å². The van der Waals surface area contributed by atoms with Crippen LogP contribution in [0.1, 0.15) is 44.6 Å². The van der Waals surface area contributed by atoms with Crippen LogP contribution < -0.4 is 0 Å². The lowest BCUT2D eigenvalue weighted by Gasteiger charge is -2.18. The Labute approximate surface area is 105 Å². The molecule has 0 heteroatoms. The van der Waals surface area contributed by atoms with Crippen LogP contribution in [0.2, 0.25) is 0 Å². The van der Waals surface area contributed by atoms with E-state index in [1.54, 1.807) is 0 Å². The molecule has 1 aliphatic carbocycles. The third-order valence-electron chi connectivity index (χ3n) is 3.49. The maximum absolute atomic E-state index is 2.46. The zero-order chi connectivity index (χ0) is 11.9. The van der Waals surface area contributed by atoms with E-state index in [0.29, 0.717) is 0 Å². The van der Waals surface area contributed by atoms with Gasteiger partial charge in [-0.3, -0.25) is 0 Å². The van der Waals surface area contributed by atoms with E-state index in [9.17, 15) is 0 Å². The lowest BCUT2D eigenvalue weighted by atomic mass is 9.88. The third-order valence-corrected chi connectivity index (χ3v) is 3.49.